The second-order valence-corrected chi connectivity index (χ2v) is 5.67. The monoisotopic (exact) mass is 321 g/mol. The number of nitrogens with zero attached hydrogens (tertiary/aromatic N) is 2. The number of benzene rings is 1. The molecule has 0 unspecified atom stereocenters. The number of hydrogen-bond donors (Lipinski definition) is 2. The van der Waals surface area contributed by atoms with E-state index in [-0.39, 0.29) is 12.3 Å². The van der Waals surface area contributed by atoms with Crippen LogP contribution >= 0.6 is 0 Å². The largest absolute Gasteiger partial charge is 0.497 e. The molecule has 1 aromatic rings. The number of likely N-dealkylation sites (N-methyl/N-ethyl adjacent to an activating group) is 1. The molecule has 0 radical (unpaired) electrons. The number of carboxylic acid groups (broad SMARTS) is 1. The SMILES string of the molecule is COc1ccc(NC(=O)C[C@@H](C(=O)O)N2CCN(C)CC2)cc1. The van der Waals surface area contributed by atoms with Crippen molar-refractivity contribution in [2.75, 3.05) is 45.7 Å². The summed E-state index contributed by atoms with van der Waals surface area (Å²) >= 11 is 0. The Bertz CT molecular complexity index is 539. The van der Waals surface area contributed by atoms with E-state index in [1.807, 2.05) is 11.9 Å². The van der Waals surface area contributed by atoms with Crippen LogP contribution in [0, 0.1) is 0 Å². The van der Waals surface area contributed by atoms with Crippen molar-refractivity contribution in [3.63, 3.8) is 0 Å². The number of methoxy groups -OCH3 is 1. The number of rotatable bonds is 6. The standard InChI is InChI=1S/C16H23N3O4/c1-18-7-9-19(10-8-18)14(16(21)22)11-15(20)17-12-3-5-13(23-2)6-4-12/h3-6,14H,7-11H2,1-2H3,(H,17,20)(H,21,22)/t14-/m0/s1. The molecule has 7 heteroatoms. The molecular formula is C16H23N3O4. The topological polar surface area (TPSA) is 82.1 Å². The summed E-state index contributed by atoms with van der Waals surface area (Å²) < 4.78 is 5.06. The van der Waals surface area contributed by atoms with Gasteiger partial charge in [-0.05, 0) is 31.3 Å². The zero-order chi connectivity index (χ0) is 16.8. The Morgan fingerprint density at radius 1 is 1.22 bits per heavy atom. The molecule has 7 nitrogen and oxygen atoms in total. The molecule has 0 aromatic heterocycles. The minimum atomic E-state index is -0.959. The molecule has 2 rings (SSSR count). The third-order valence-corrected chi connectivity index (χ3v) is 4.02. The van der Waals surface area contributed by atoms with Gasteiger partial charge in [0.05, 0.1) is 13.5 Å². The van der Waals surface area contributed by atoms with Crippen molar-refractivity contribution < 1.29 is 19.4 Å². The van der Waals surface area contributed by atoms with Gasteiger partial charge in [0, 0.05) is 31.9 Å². The molecule has 0 saturated carbocycles. The summed E-state index contributed by atoms with van der Waals surface area (Å²) in [5.41, 5.74) is 0.623. The highest BCUT2D eigenvalue weighted by Gasteiger charge is 2.30. The number of aliphatic carboxylic acids is 1. The molecule has 0 bridgehead atoms. The Morgan fingerprint density at radius 3 is 2.35 bits per heavy atom. The quantitative estimate of drug-likeness (QED) is 0.804. The third-order valence-electron chi connectivity index (χ3n) is 4.02. The lowest BCUT2D eigenvalue weighted by atomic mass is 10.1. The minimum absolute atomic E-state index is 0.0644. The summed E-state index contributed by atoms with van der Waals surface area (Å²) in [6.07, 6.45) is -0.0644. The van der Waals surface area contributed by atoms with Gasteiger partial charge in [-0.3, -0.25) is 14.5 Å². The lowest BCUT2D eigenvalue weighted by Gasteiger charge is -2.35. The van der Waals surface area contributed by atoms with Gasteiger partial charge in [-0.25, -0.2) is 0 Å². The van der Waals surface area contributed by atoms with Crippen molar-refractivity contribution in [2.45, 2.75) is 12.5 Å². The average molecular weight is 321 g/mol. The van der Waals surface area contributed by atoms with Crippen LogP contribution in [0.15, 0.2) is 24.3 Å². The van der Waals surface area contributed by atoms with E-state index in [0.717, 1.165) is 13.1 Å². The first-order valence-corrected chi connectivity index (χ1v) is 7.59. The Labute approximate surface area is 135 Å². The molecule has 1 amide bonds. The van der Waals surface area contributed by atoms with Crippen LogP contribution in [0.3, 0.4) is 0 Å². The van der Waals surface area contributed by atoms with Crippen molar-refractivity contribution in [3.05, 3.63) is 24.3 Å². The fraction of sp³-hybridized carbons (Fsp3) is 0.500. The fourth-order valence-corrected chi connectivity index (χ4v) is 2.57. The summed E-state index contributed by atoms with van der Waals surface area (Å²) in [4.78, 5) is 27.6. The zero-order valence-electron chi connectivity index (χ0n) is 13.5. The van der Waals surface area contributed by atoms with Crippen LogP contribution in [-0.4, -0.2) is 73.2 Å². The maximum Gasteiger partial charge on any atom is 0.321 e. The second kappa shape index (κ2) is 7.94. The molecule has 1 aliphatic rings. The summed E-state index contributed by atoms with van der Waals surface area (Å²) in [5, 5.41) is 12.2. The van der Waals surface area contributed by atoms with E-state index in [1.54, 1.807) is 31.4 Å². The summed E-state index contributed by atoms with van der Waals surface area (Å²) in [6, 6.07) is 6.14. The lowest BCUT2D eigenvalue weighted by Crippen LogP contribution is -2.52. The van der Waals surface area contributed by atoms with E-state index < -0.39 is 12.0 Å². The highest BCUT2D eigenvalue weighted by molar-refractivity contribution is 5.94. The van der Waals surface area contributed by atoms with Crippen molar-refractivity contribution in [2.24, 2.45) is 0 Å². The third kappa shape index (κ3) is 4.94. The maximum absolute atomic E-state index is 12.1. The van der Waals surface area contributed by atoms with Crippen LogP contribution in [-0.2, 0) is 9.59 Å². The van der Waals surface area contributed by atoms with Gasteiger partial charge in [-0.15, -0.1) is 0 Å². The van der Waals surface area contributed by atoms with Gasteiger partial charge in [0.2, 0.25) is 5.91 Å². The second-order valence-electron chi connectivity index (χ2n) is 5.67. The van der Waals surface area contributed by atoms with Crippen LogP contribution in [0.25, 0.3) is 0 Å². The maximum atomic E-state index is 12.1. The molecule has 1 fully saturated rings. The van der Waals surface area contributed by atoms with Gasteiger partial charge in [0.15, 0.2) is 0 Å². The van der Waals surface area contributed by atoms with Crippen molar-refractivity contribution in [3.8, 4) is 5.75 Å². The van der Waals surface area contributed by atoms with Crippen LogP contribution < -0.4 is 10.1 Å². The summed E-state index contributed by atoms with van der Waals surface area (Å²) in [5.74, 6) is -0.565. The number of anilines is 1. The smallest absolute Gasteiger partial charge is 0.321 e. The van der Waals surface area contributed by atoms with Gasteiger partial charge in [-0.2, -0.15) is 0 Å². The molecule has 0 aliphatic carbocycles. The molecule has 2 N–H and O–H groups in total. The van der Waals surface area contributed by atoms with E-state index in [4.69, 9.17) is 4.74 Å². The van der Waals surface area contributed by atoms with E-state index in [1.165, 1.54) is 0 Å². The van der Waals surface area contributed by atoms with Crippen molar-refractivity contribution in [1.29, 1.82) is 0 Å². The minimum Gasteiger partial charge on any atom is -0.497 e. The first-order valence-electron chi connectivity index (χ1n) is 7.59. The van der Waals surface area contributed by atoms with E-state index in [9.17, 15) is 14.7 Å². The van der Waals surface area contributed by atoms with Crippen LogP contribution in [0.5, 0.6) is 5.75 Å². The predicted octanol–water partition coefficient (Wildman–Crippen LogP) is 0.724. The highest BCUT2D eigenvalue weighted by Crippen LogP contribution is 2.16. The van der Waals surface area contributed by atoms with Crippen LogP contribution in [0.4, 0.5) is 5.69 Å². The van der Waals surface area contributed by atoms with Crippen molar-refractivity contribution >= 4 is 17.6 Å². The van der Waals surface area contributed by atoms with Gasteiger partial charge in [0.1, 0.15) is 11.8 Å². The number of amides is 1. The highest BCUT2D eigenvalue weighted by atomic mass is 16.5. The van der Waals surface area contributed by atoms with Crippen LogP contribution in [0.1, 0.15) is 6.42 Å². The number of hydrogen-bond acceptors (Lipinski definition) is 5. The number of nitrogens with one attached hydrogen (secondary N) is 1. The molecule has 0 spiro atoms. The molecule has 126 valence electrons. The number of carboxylic acids is 1. The number of carbonyl (C=O) groups excluding carboxylic acids is 1. The Kier molecular flexibility index (Phi) is 5.95. The van der Waals surface area contributed by atoms with E-state index in [0.29, 0.717) is 24.5 Å². The molecule has 1 atom stereocenters. The van der Waals surface area contributed by atoms with Gasteiger partial charge in [0.25, 0.3) is 0 Å². The van der Waals surface area contributed by atoms with Gasteiger partial charge >= 0.3 is 5.97 Å². The van der Waals surface area contributed by atoms with Gasteiger partial charge in [-0.1, -0.05) is 0 Å². The first kappa shape index (κ1) is 17.2. The molecule has 1 heterocycles. The normalized spacial score (nSPS) is 17.5. The fourth-order valence-electron chi connectivity index (χ4n) is 2.57. The molecule has 23 heavy (non-hydrogen) atoms. The zero-order valence-corrected chi connectivity index (χ0v) is 13.5. The molecule has 1 aromatic carbocycles. The van der Waals surface area contributed by atoms with Crippen LogP contribution in [0.2, 0.25) is 0 Å². The first-order chi connectivity index (χ1) is 11.0. The Morgan fingerprint density at radius 2 is 1.83 bits per heavy atom. The lowest BCUT2D eigenvalue weighted by molar-refractivity contribution is -0.145. The number of carbonyl (C=O) groups is 2. The van der Waals surface area contributed by atoms with E-state index >= 15 is 0 Å². The summed E-state index contributed by atoms with van der Waals surface area (Å²) in [7, 11) is 3.57. The van der Waals surface area contributed by atoms with E-state index in [2.05, 4.69) is 10.2 Å². The number of ether oxygens (including phenoxy) is 1. The van der Waals surface area contributed by atoms with Gasteiger partial charge < -0.3 is 20.1 Å². The predicted molar refractivity (Wildman–Crippen MR) is 86.7 cm³/mol. The molecule has 1 saturated heterocycles. The Balaban J connectivity index is 1.93. The molecular weight excluding hydrogens is 298 g/mol. The Hall–Kier alpha value is -2.12. The van der Waals surface area contributed by atoms with Crippen molar-refractivity contribution in [1.82, 2.24) is 9.80 Å². The summed E-state index contributed by atoms with van der Waals surface area (Å²) in [6.45, 7) is 2.93. The molecule has 1 aliphatic heterocycles. The number of piperazine rings is 1. The average Bonchev–Trinajstić information content (AvgIpc) is 2.54.